The maximum absolute atomic E-state index is 12.3. The average molecular weight is 397 g/mol. The first-order valence-corrected chi connectivity index (χ1v) is 9.75. The number of carbonyl (C=O) groups is 1. The van der Waals surface area contributed by atoms with Crippen LogP contribution in [0.2, 0.25) is 0 Å². The smallest absolute Gasteiger partial charge is 0.234 e. The minimum atomic E-state index is -0.180. The molecule has 2 heterocycles. The number of aromatic nitrogens is 5. The number of aryl methyl sites for hydroxylation is 1. The lowest BCUT2D eigenvalue weighted by Crippen LogP contribution is -2.16. The molecule has 0 saturated carbocycles. The van der Waals surface area contributed by atoms with E-state index in [0.29, 0.717) is 22.2 Å². The summed E-state index contributed by atoms with van der Waals surface area (Å²) in [5, 5.41) is 11.5. The van der Waals surface area contributed by atoms with Gasteiger partial charge in [-0.15, -0.1) is 10.2 Å². The van der Waals surface area contributed by atoms with E-state index in [1.807, 2.05) is 43.3 Å². The number of nitrogens with one attached hydrogen (secondary N) is 1. The molecule has 0 aliphatic heterocycles. The first kappa shape index (κ1) is 17.4. The van der Waals surface area contributed by atoms with Crippen LogP contribution in [0.25, 0.3) is 22.4 Å². The van der Waals surface area contributed by atoms with Crippen LogP contribution in [-0.2, 0) is 4.79 Å². The van der Waals surface area contributed by atoms with Crippen LogP contribution in [0.1, 0.15) is 5.56 Å². The van der Waals surface area contributed by atoms with E-state index in [1.54, 1.807) is 6.07 Å². The van der Waals surface area contributed by atoms with Crippen LogP contribution in [0, 0.1) is 6.92 Å². The summed E-state index contributed by atoms with van der Waals surface area (Å²) in [7, 11) is 0. The molecule has 0 atom stereocenters. The quantitative estimate of drug-likeness (QED) is 0.393. The first-order chi connectivity index (χ1) is 13.1. The van der Waals surface area contributed by atoms with Crippen LogP contribution in [0.3, 0.4) is 0 Å². The molecule has 4 rings (SSSR count). The number of fused-ring (bicyclic) bond motifs is 1. The van der Waals surface area contributed by atoms with E-state index in [4.69, 9.17) is 5.84 Å². The van der Waals surface area contributed by atoms with E-state index in [0.717, 1.165) is 28.4 Å². The van der Waals surface area contributed by atoms with Crippen molar-refractivity contribution in [3.05, 3.63) is 48.0 Å². The minimum Gasteiger partial charge on any atom is -0.335 e. The van der Waals surface area contributed by atoms with E-state index in [1.165, 1.54) is 16.4 Å². The van der Waals surface area contributed by atoms with Crippen molar-refractivity contribution in [1.29, 1.82) is 0 Å². The van der Waals surface area contributed by atoms with Gasteiger partial charge in [0, 0.05) is 5.56 Å². The highest BCUT2D eigenvalue weighted by Gasteiger charge is 2.14. The molecule has 8 nitrogen and oxygen atoms in total. The summed E-state index contributed by atoms with van der Waals surface area (Å²) >= 11 is 2.33. The van der Waals surface area contributed by atoms with Gasteiger partial charge in [-0.1, -0.05) is 47.7 Å². The number of hydrogen-bond donors (Lipinski definition) is 2. The summed E-state index contributed by atoms with van der Waals surface area (Å²) in [5.74, 6) is 6.62. The first-order valence-electron chi connectivity index (χ1n) is 8.03. The van der Waals surface area contributed by atoms with Crippen LogP contribution >= 0.6 is 23.5 Å². The topological polar surface area (TPSA) is 112 Å². The lowest BCUT2D eigenvalue weighted by atomic mass is 10.1. The Balaban J connectivity index is 1.44. The van der Waals surface area contributed by atoms with Gasteiger partial charge >= 0.3 is 0 Å². The van der Waals surface area contributed by atoms with Crippen molar-refractivity contribution in [2.24, 2.45) is 0 Å². The molecule has 136 valence electrons. The molecular formula is C17H15N7OS2. The molecule has 1 amide bonds. The monoisotopic (exact) mass is 397 g/mol. The van der Waals surface area contributed by atoms with Crippen LogP contribution in [-0.4, -0.2) is 35.3 Å². The largest absolute Gasteiger partial charge is 0.335 e. The molecule has 0 radical (unpaired) electrons. The zero-order chi connectivity index (χ0) is 18.8. The van der Waals surface area contributed by atoms with Gasteiger partial charge in [-0.2, -0.15) is 8.75 Å². The molecule has 2 aromatic heterocycles. The van der Waals surface area contributed by atoms with Gasteiger partial charge in [-0.25, -0.2) is 4.68 Å². The van der Waals surface area contributed by atoms with Crippen LogP contribution in [0.4, 0.5) is 5.69 Å². The number of nitrogens with two attached hydrogens (primary N) is 1. The van der Waals surface area contributed by atoms with E-state index in [2.05, 4.69) is 24.3 Å². The maximum Gasteiger partial charge on any atom is 0.234 e. The molecule has 0 fully saturated rings. The number of nitrogens with zero attached hydrogens (tertiary/aromatic N) is 5. The average Bonchev–Trinajstić information content (AvgIpc) is 3.28. The van der Waals surface area contributed by atoms with E-state index < -0.39 is 0 Å². The van der Waals surface area contributed by atoms with Gasteiger partial charge in [-0.05, 0) is 19.1 Å². The fraction of sp³-hybridized carbons (Fsp3) is 0.118. The molecule has 0 aliphatic rings. The molecule has 3 N–H and O–H groups in total. The highest BCUT2D eigenvalue weighted by molar-refractivity contribution is 7.99. The predicted octanol–water partition coefficient (Wildman–Crippen LogP) is 2.70. The summed E-state index contributed by atoms with van der Waals surface area (Å²) in [4.78, 5) is 12.3. The number of rotatable bonds is 5. The molecule has 10 heteroatoms. The zero-order valence-electron chi connectivity index (χ0n) is 14.3. The fourth-order valence-electron chi connectivity index (χ4n) is 2.50. The highest BCUT2D eigenvalue weighted by atomic mass is 32.2. The Hall–Kier alpha value is -2.98. The zero-order valence-corrected chi connectivity index (χ0v) is 15.9. The summed E-state index contributed by atoms with van der Waals surface area (Å²) in [6.45, 7) is 2.01. The Morgan fingerprint density at radius 1 is 1.19 bits per heavy atom. The van der Waals surface area contributed by atoms with Gasteiger partial charge < -0.3 is 11.2 Å². The second kappa shape index (κ2) is 7.33. The molecule has 2 aromatic carbocycles. The molecule has 0 unspecified atom stereocenters. The molecule has 0 spiro atoms. The second-order valence-corrected chi connectivity index (χ2v) is 7.29. The maximum atomic E-state index is 12.3. The SMILES string of the molecule is Cc1ccc(-c2nnc(SCC(=O)Nc3cccc4nsnc34)n2N)cc1. The number of anilines is 1. The predicted molar refractivity (Wildman–Crippen MR) is 107 cm³/mol. The van der Waals surface area contributed by atoms with Crippen LogP contribution in [0.5, 0.6) is 0 Å². The van der Waals surface area contributed by atoms with Crippen molar-refractivity contribution in [3.8, 4) is 11.4 Å². The lowest BCUT2D eigenvalue weighted by molar-refractivity contribution is -0.113. The van der Waals surface area contributed by atoms with Gasteiger partial charge in [0.25, 0.3) is 0 Å². The molecule has 4 aromatic rings. The summed E-state index contributed by atoms with van der Waals surface area (Å²) in [6, 6.07) is 13.3. The Bertz CT molecular complexity index is 1100. The Labute approximate surface area is 163 Å². The van der Waals surface area contributed by atoms with Gasteiger partial charge in [0.15, 0.2) is 5.82 Å². The molecule has 27 heavy (non-hydrogen) atoms. The minimum absolute atomic E-state index is 0.150. The molecule has 0 aliphatic carbocycles. The third-order valence-corrected chi connectivity index (χ3v) is 5.35. The Morgan fingerprint density at radius 3 is 2.81 bits per heavy atom. The molecule has 0 saturated heterocycles. The van der Waals surface area contributed by atoms with E-state index >= 15 is 0 Å². The molecule has 0 bridgehead atoms. The van der Waals surface area contributed by atoms with Crippen molar-refractivity contribution in [2.45, 2.75) is 12.1 Å². The number of carbonyl (C=O) groups excluding carboxylic acids is 1. The van der Waals surface area contributed by atoms with Crippen molar-refractivity contribution in [3.63, 3.8) is 0 Å². The summed E-state index contributed by atoms with van der Waals surface area (Å²) in [5.41, 5.74) is 4.11. The Morgan fingerprint density at radius 2 is 2.00 bits per heavy atom. The van der Waals surface area contributed by atoms with Gasteiger partial charge in [0.1, 0.15) is 11.0 Å². The number of thioether (sulfide) groups is 1. The summed E-state index contributed by atoms with van der Waals surface area (Å²) < 4.78 is 9.77. The van der Waals surface area contributed by atoms with Crippen molar-refractivity contribution < 1.29 is 4.79 Å². The number of amides is 1. The third kappa shape index (κ3) is 3.62. The molecular weight excluding hydrogens is 382 g/mol. The number of nitrogen functional groups attached to an aromatic ring is 1. The number of hydrogen-bond acceptors (Lipinski definition) is 8. The van der Waals surface area contributed by atoms with Gasteiger partial charge in [-0.3, -0.25) is 4.79 Å². The second-order valence-electron chi connectivity index (χ2n) is 5.82. The third-order valence-electron chi connectivity index (χ3n) is 3.87. The normalized spacial score (nSPS) is 11.0. The number of benzene rings is 2. The highest BCUT2D eigenvalue weighted by Crippen LogP contribution is 2.24. The lowest BCUT2D eigenvalue weighted by Gasteiger charge is -2.06. The summed E-state index contributed by atoms with van der Waals surface area (Å²) in [6.07, 6.45) is 0. The van der Waals surface area contributed by atoms with Gasteiger partial charge in [0.2, 0.25) is 11.1 Å². The Kier molecular flexibility index (Phi) is 4.73. The standard InChI is InChI=1S/C17H15N7OS2/c1-10-5-7-11(8-6-10)16-20-21-17(24(16)18)26-9-14(25)19-12-3-2-4-13-15(12)23-27-22-13/h2-8H,9,18H2,1H3,(H,19,25). The fourth-order valence-corrected chi connectivity index (χ4v) is 3.70. The van der Waals surface area contributed by atoms with Crippen LogP contribution in [0.15, 0.2) is 47.6 Å². The van der Waals surface area contributed by atoms with Gasteiger partial charge in [0.05, 0.1) is 23.2 Å². The van der Waals surface area contributed by atoms with Crippen LogP contribution < -0.4 is 11.2 Å². The van der Waals surface area contributed by atoms with E-state index in [9.17, 15) is 4.79 Å². The van der Waals surface area contributed by atoms with Crippen molar-refractivity contribution in [1.82, 2.24) is 23.6 Å². The van der Waals surface area contributed by atoms with Crippen molar-refractivity contribution in [2.75, 3.05) is 16.9 Å². The van der Waals surface area contributed by atoms with E-state index in [-0.39, 0.29) is 11.7 Å². The van der Waals surface area contributed by atoms with Crippen molar-refractivity contribution >= 4 is 46.1 Å².